The molecule has 0 radical (unpaired) electrons. The molecule has 1 fully saturated rings. The molecule has 1 unspecified atom stereocenters. The van der Waals surface area contributed by atoms with Gasteiger partial charge in [0.1, 0.15) is 16.9 Å². The van der Waals surface area contributed by atoms with Crippen molar-refractivity contribution in [2.45, 2.75) is 37.9 Å². The van der Waals surface area contributed by atoms with E-state index in [-0.39, 0.29) is 35.1 Å². The highest BCUT2D eigenvalue weighted by Crippen LogP contribution is 2.29. The van der Waals surface area contributed by atoms with Gasteiger partial charge in [-0.2, -0.15) is 10.3 Å². The van der Waals surface area contributed by atoms with E-state index in [4.69, 9.17) is 15.7 Å². The van der Waals surface area contributed by atoms with Gasteiger partial charge in [-0.15, -0.1) is 0 Å². The number of hydrogen-bond acceptors (Lipinski definition) is 9. The van der Waals surface area contributed by atoms with Crippen molar-refractivity contribution in [3.8, 4) is 6.07 Å². The number of amides is 2. The first-order valence-electron chi connectivity index (χ1n) is 10.8. The summed E-state index contributed by atoms with van der Waals surface area (Å²) in [4.78, 5) is 54.9. The minimum absolute atomic E-state index is 0.00838. The summed E-state index contributed by atoms with van der Waals surface area (Å²) in [5.74, 6) is -2.08. The number of esters is 1. The number of nitrogens with one attached hydrogen (secondary N) is 1. The number of nitrogens with two attached hydrogens (primary N) is 1. The molecule has 1 aromatic rings. The van der Waals surface area contributed by atoms with Crippen LogP contribution in [0, 0.1) is 11.3 Å². The smallest absolute Gasteiger partial charge is 0.338 e. The largest absolute Gasteiger partial charge is 0.454 e. The molecule has 0 saturated carbocycles. The lowest BCUT2D eigenvalue weighted by Crippen LogP contribution is -2.33. The number of carbonyl (C=O) groups is 4. The number of nitrogens with zero attached hydrogens (tertiary/aromatic N) is 3. The summed E-state index contributed by atoms with van der Waals surface area (Å²) in [5.41, 5.74) is 5.86. The summed E-state index contributed by atoms with van der Waals surface area (Å²) in [6.45, 7) is 2.56. The summed E-state index contributed by atoms with van der Waals surface area (Å²) in [6, 6.07) is 7.58. The Kier molecular flexibility index (Phi) is 8.43. The Balaban J connectivity index is 1.48. The van der Waals surface area contributed by atoms with Crippen molar-refractivity contribution in [2.75, 3.05) is 25.0 Å². The van der Waals surface area contributed by atoms with Gasteiger partial charge in [0.25, 0.3) is 5.91 Å². The van der Waals surface area contributed by atoms with Crippen molar-refractivity contribution in [1.82, 2.24) is 4.90 Å². The molecule has 2 amide bonds. The van der Waals surface area contributed by atoms with Crippen molar-refractivity contribution in [3.05, 3.63) is 41.1 Å². The van der Waals surface area contributed by atoms with Crippen LogP contribution in [0.5, 0.6) is 0 Å². The lowest BCUT2D eigenvalue weighted by Gasteiger charge is -2.27. The number of carbonyl (C=O) groups excluding carboxylic acids is 4. The monoisotopic (exact) mass is 483 g/mol. The number of ether oxygens (including phenoxy) is 1. The fourth-order valence-electron chi connectivity index (χ4n) is 3.46. The molecule has 1 aromatic carbocycles. The zero-order valence-corrected chi connectivity index (χ0v) is 19.5. The number of rotatable bonds is 7. The molecule has 1 saturated heterocycles. The Morgan fingerprint density at radius 1 is 1.24 bits per heavy atom. The molecule has 2 aliphatic rings. The van der Waals surface area contributed by atoms with Gasteiger partial charge in [-0.3, -0.25) is 14.4 Å². The van der Waals surface area contributed by atoms with Crippen LogP contribution in [0.15, 0.2) is 40.5 Å². The molecule has 1 atom stereocenters. The van der Waals surface area contributed by atoms with E-state index in [0.717, 1.165) is 25.9 Å². The predicted octanol–water partition coefficient (Wildman–Crippen LogP) is 1.98. The topological polar surface area (TPSA) is 155 Å². The van der Waals surface area contributed by atoms with E-state index in [9.17, 15) is 19.2 Å². The first-order chi connectivity index (χ1) is 16.3. The number of allylic oxidation sites excluding steroid dienone is 1. The third-order valence-corrected chi connectivity index (χ3v) is 6.46. The summed E-state index contributed by atoms with van der Waals surface area (Å²) in [5, 5.41) is 11.8. The standard InChI is InChI=1S/C23H25N5O5S/c1-14(25)17(12-24)18(29)13-33-22(32)15-5-7-16(8-6-15)26-20(30)11-19-21(31)27-23(34-19)28-9-3-2-4-10-28/h5-8,19H,2-4,9-11,13,25H2,1H3,(H,26,30)/b17-14+. The SMILES string of the molecule is C/C(N)=C(/C#N)C(=O)COC(=O)c1ccc(NC(=O)CC2SC(N3CCCCC3)=NC2=O)cc1. The first-order valence-corrected chi connectivity index (χ1v) is 11.7. The van der Waals surface area contributed by atoms with Gasteiger partial charge in [0.15, 0.2) is 11.8 Å². The number of hydrogen-bond donors (Lipinski definition) is 2. The van der Waals surface area contributed by atoms with Crippen LogP contribution in [-0.2, 0) is 19.1 Å². The number of thioether (sulfide) groups is 1. The maximum Gasteiger partial charge on any atom is 0.338 e. The normalized spacial score (nSPS) is 18.5. The zero-order chi connectivity index (χ0) is 24.7. The second kappa shape index (κ2) is 11.5. The van der Waals surface area contributed by atoms with Crippen LogP contribution < -0.4 is 11.1 Å². The number of amidine groups is 1. The summed E-state index contributed by atoms with van der Waals surface area (Å²) < 4.78 is 4.93. The van der Waals surface area contributed by atoms with E-state index in [0.29, 0.717) is 10.9 Å². The average molecular weight is 484 g/mol. The maximum absolute atomic E-state index is 12.4. The second-order valence-corrected chi connectivity index (χ2v) is 9.06. The van der Waals surface area contributed by atoms with Crippen LogP contribution in [0.3, 0.4) is 0 Å². The average Bonchev–Trinajstić information content (AvgIpc) is 3.18. The minimum atomic E-state index is -0.756. The van der Waals surface area contributed by atoms with Crippen molar-refractivity contribution < 1.29 is 23.9 Å². The Morgan fingerprint density at radius 2 is 1.91 bits per heavy atom. The number of anilines is 1. The van der Waals surface area contributed by atoms with Gasteiger partial charge in [0.05, 0.1) is 5.56 Å². The van der Waals surface area contributed by atoms with Crippen LogP contribution in [-0.4, -0.2) is 58.6 Å². The minimum Gasteiger partial charge on any atom is -0.454 e. The van der Waals surface area contributed by atoms with Gasteiger partial charge in [-0.05, 0) is 50.5 Å². The molecule has 0 bridgehead atoms. The first kappa shape index (κ1) is 25.0. The maximum atomic E-state index is 12.4. The molecule has 2 aliphatic heterocycles. The summed E-state index contributed by atoms with van der Waals surface area (Å²) in [7, 11) is 0. The molecule has 10 nitrogen and oxygen atoms in total. The van der Waals surface area contributed by atoms with E-state index in [1.54, 1.807) is 6.07 Å². The molecule has 0 spiro atoms. The highest BCUT2D eigenvalue weighted by Gasteiger charge is 2.33. The Labute approximate surface area is 201 Å². The highest BCUT2D eigenvalue weighted by atomic mass is 32.2. The molecule has 3 rings (SSSR count). The Morgan fingerprint density at radius 3 is 2.53 bits per heavy atom. The van der Waals surface area contributed by atoms with Gasteiger partial charge in [0.2, 0.25) is 11.7 Å². The highest BCUT2D eigenvalue weighted by molar-refractivity contribution is 8.15. The van der Waals surface area contributed by atoms with Crippen LogP contribution in [0.4, 0.5) is 5.69 Å². The lowest BCUT2D eigenvalue weighted by molar-refractivity contribution is -0.121. The van der Waals surface area contributed by atoms with Gasteiger partial charge in [0, 0.05) is 30.9 Å². The second-order valence-electron chi connectivity index (χ2n) is 7.89. The number of ketones is 1. The summed E-state index contributed by atoms with van der Waals surface area (Å²) >= 11 is 1.33. The van der Waals surface area contributed by atoms with Gasteiger partial charge in [-0.1, -0.05) is 11.8 Å². The number of likely N-dealkylation sites (tertiary alicyclic amines) is 1. The van der Waals surface area contributed by atoms with Crippen LogP contribution in [0.2, 0.25) is 0 Å². The molecule has 0 aromatic heterocycles. The molecule has 178 valence electrons. The van der Waals surface area contributed by atoms with E-state index >= 15 is 0 Å². The van der Waals surface area contributed by atoms with Gasteiger partial charge >= 0.3 is 5.97 Å². The predicted molar refractivity (Wildman–Crippen MR) is 127 cm³/mol. The lowest BCUT2D eigenvalue weighted by atomic mass is 10.1. The molecular weight excluding hydrogens is 458 g/mol. The van der Waals surface area contributed by atoms with E-state index < -0.39 is 23.6 Å². The summed E-state index contributed by atoms with van der Waals surface area (Å²) in [6.07, 6.45) is 3.32. The molecule has 2 heterocycles. The van der Waals surface area contributed by atoms with E-state index in [2.05, 4.69) is 15.2 Å². The van der Waals surface area contributed by atoms with Crippen molar-refractivity contribution in [3.63, 3.8) is 0 Å². The number of nitriles is 1. The molecule has 34 heavy (non-hydrogen) atoms. The molecule has 0 aliphatic carbocycles. The third kappa shape index (κ3) is 6.45. The number of aliphatic imine (C=N–C) groups is 1. The quantitative estimate of drug-likeness (QED) is 0.336. The molecular formula is C23H25N5O5S. The van der Waals surface area contributed by atoms with Crippen molar-refractivity contribution in [1.29, 1.82) is 5.26 Å². The fraction of sp³-hybridized carbons (Fsp3) is 0.391. The number of piperidine rings is 1. The van der Waals surface area contributed by atoms with Crippen molar-refractivity contribution >= 4 is 46.2 Å². The van der Waals surface area contributed by atoms with Crippen LogP contribution in [0.25, 0.3) is 0 Å². The van der Waals surface area contributed by atoms with Gasteiger partial charge in [-0.25, -0.2) is 4.79 Å². The third-order valence-electron chi connectivity index (χ3n) is 5.25. The van der Waals surface area contributed by atoms with Gasteiger partial charge < -0.3 is 20.7 Å². The fourth-order valence-corrected chi connectivity index (χ4v) is 4.57. The Bertz CT molecular complexity index is 1080. The van der Waals surface area contributed by atoms with E-state index in [1.807, 2.05) is 0 Å². The van der Waals surface area contributed by atoms with Crippen LogP contribution >= 0.6 is 11.8 Å². The van der Waals surface area contributed by atoms with Crippen molar-refractivity contribution in [2.24, 2.45) is 10.7 Å². The van der Waals surface area contributed by atoms with E-state index in [1.165, 1.54) is 49.4 Å². The Hall–Kier alpha value is -3.65. The van der Waals surface area contributed by atoms with Crippen LogP contribution in [0.1, 0.15) is 43.0 Å². The number of Topliss-reactive ketones (excluding diaryl/α,β-unsaturated/α-hetero) is 1. The molecule has 3 N–H and O–H groups in total. The molecule has 11 heteroatoms. The number of benzene rings is 1. The zero-order valence-electron chi connectivity index (χ0n) is 18.7.